The largest absolute Gasteiger partial charge is 0.352 e. The number of nitrogens with one attached hydrogen (secondary N) is 1. The number of fused-ring (bicyclic) bond motifs is 1. The average Bonchev–Trinajstić information content (AvgIpc) is 3.13. The summed E-state index contributed by atoms with van der Waals surface area (Å²) in [5.74, 6) is -0.00841. The highest BCUT2D eigenvalue weighted by atomic mass is 32.1. The van der Waals surface area contributed by atoms with Crippen molar-refractivity contribution in [2.24, 2.45) is 0 Å². The Hall–Kier alpha value is -2.28. The molecule has 0 spiro atoms. The number of aryl methyl sites for hydroxylation is 1. The van der Waals surface area contributed by atoms with Crippen molar-refractivity contribution in [3.63, 3.8) is 0 Å². The molecule has 2 aromatic heterocycles. The third-order valence-electron chi connectivity index (χ3n) is 2.97. The van der Waals surface area contributed by atoms with Gasteiger partial charge in [0.05, 0.1) is 6.54 Å². The fraction of sp³-hybridized carbons (Fsp3) is 0.231. The molecule has 6 nitrogen and oxygen atoms in total. The molecule has 0 bridgehead atoms. The van der Waals surface area contributed by atoms with Crippen LogP contribution in [-0.4, -0.2) is 26.1 Å². The van der Waals surface area contributed by atoms with Crippen molar-refractivity contribution >= 4 is 27.3 Å². The van der Waals surface area contributed by atoms with E-state index in [2.05, 4.69) is 44.4 Å². The first-order valence-corrected chi connectivity index (χ1v) is 7.13. The quantitative estimate of drug-likeness (QED) is 0.773. The van der Waals surface area contributed by atoms with Crippen LogP contribution in [0.3, 0.4) is 0 Å². The Balaban J connectivity index is 1.51. The molecule has 3 rings (SSSR count). The van der Waals surface area contributed by atoms with Crippen LogP contribution < -0.4 is 5.32 Å². The van der Waals surface area contributed by atoms with E-state index in [0.717, 1.165) is 5.56 Å². The zero-order valence-corrected chi connectivity index (χ0v) is 11.5. The van der Waals surface area contributed by atoms with Crippen molar-refractivity contribution < 1.29 is 4.79 Å². The average molecular weight is 287 g/mol. The molecule has 102 valence electrons. The van der Waals surface area contributed by atoms with Gasteiger partial charge in [0.25, 0.3) is 0 Å². The van der Waals surface area contributed by atoms with Crippen LogP contribution in [-0.2, 0) is 17.9 Å². The standard InChI is InChI=1S/C13H13N5OS/c19-13(3-5-18-9-15-16-17-18)14-8-10-1-2-12-11(7-10)4-6-20-12/h1-2,4,6-7,9H,3,5,8H2,(H,14,19). The Morgan fingerprint density at radius 2 is 2.30 bits per heavy atom. The minimum atomic E-state index is -0.00841. The molecule has 1 amide bonds. The topological polar surface area (TPSA) is 72.7 Å². The van der Waals surface area contributed by atoms with Gasteiger partial charge in [-0.15, -0.1) is 16.4 Å². The van der Waals surface area contributed by atoms with E-state index < -0.39 is 0 Å². The molecule has 2 heterocycles. The maximum atomic E-state index is 11.7. The fourth-order valence-corrected chi connectivity index (χ4v) is 2.68. The Labute approximate surface area is 119 Å². The van der Waals surface area contributed by atoms with Gasteiger partial charge < -0.3 is 5.32 Å². The van der Waals surface area contributed by atoms with Crippen molar-refractivity contribution in [1.82, 2.24) is 25.5 Å². The summed E-state index contributed by atoms with van der Waals surface area (Å²) in [7, 11) is 0. The Morgan fingerprint density at radius 1 is 1.35 bits per heavy atom. The van der Waals surface area contributed by atoms with Gasteiger partial charge in [-0.05, 0) is 45.0 Å². The summed E-state index contributed by atoms with van der Waals surface area (Å²) in [5, 5.41) is 16.9. The minimum Gasteiger partial charge on any atom is -0.352 e. The first kappa shape index (κ1) is 12.7. The van der Waals surface area contributed by atoms with Crippen molar-refractivity contribution in [2.45, 2.75) is 19.5 Å². The number of rotatable bonds is 5. The van der Waals surface area contributed by atoms with Gasteiger partial charge in [0.15, 0.2) is 0 Å². The highest BCUT2D eigenvalue weighted by Gasteiger charge is 2.03. The Kier molecular flexibility index (Phi) is 3.69. The van der Waals surface area contributed by atoms with E-state index in [9.17, 15) is 4.79 Å². The number of hydrogen-bond donors (Lipinski definition) is 1. The maximum absolute atomic E-state index is 11.7. The van der Waals surface area contributed by atoms with Crippen LogP contribution in [0, 0.1) is 0 Å². The van der Waals surface area contributed by atoms with Gasteiger partial charge in [-0.1, -0.05) is 6.07 Å². The molecule has 20 heavy (non-hydrogen) atoms. The number of thiophene rings is 1. The molecule has 0 aliphatic carbocycles. The molecule has 0 saturated carbocycles. The van der Waals surface area contributed by atoms with Crippen molar-refractivity contribution in [1.29, 1.82) is 0 Å². The summed E-state index contributed by atoms with van der Waals surface area (Å²) in [5.41, 5.74) is 1.10. The smallest absolute Gasteiger partial charge is 0.222 e. The first-order chi connectivity index (χ1) is 9.81. The van der Waals surface area contributed by atoms with Gasteiger partial charge in [0, 0.05) is 17.7 Å². The number of amides is 1. The Bertz CT molecular complexity index is 706. The fourth-order valence-electron chi connectivity index (χ4n) is 1.91. The predicted molar refractivity (Wildman–Crippen MR) is 76.1 cm³/mol. The third kappa shape index (κ3) is 3.00. The summed E-state index contributed by atoms with van der Waals surface area (Å²) in [4.78, 5) is 11.7. The second-order valence-corrected chi connectivity index (χ2v) is 5.34. The number of benzene rings is 1. The molecule has 1 N–H and O–H groups in total. The highest BCUT2D eigenvalue weighted by molar-refractivity contribution is 7.17. The molecule has 0 atom stereocenters. The molecule has 0 aliphatic rings. The predicted octanol–water partition coefficient (Wildman–Crippen LogP) is 1.59. The number of carbonyl (C=O) groups excluding carboxylic acids is 1. The van der Waals surface area contributed by atoms with E-state index in [1.165, 1.54) is 21.1 Å². The van der Waals surface area contributed by atoms with Crippen LogP contribution in [0.15, 0.2) is 36.0 Å². The maximum Gasteiger partial charge on any atom is 0.222 e. The van der Waals surface area contributed by atoms with Crippen LogP contribution in [0.4, 0.5) is 0 Å². The van der Waals surface area contributed by atoms with Crippen molar-refractivity contribution in [3.8, 4) is 0 Å². The summed E-state index contributed by atoms with van der Waals surface area (Å²) >= 11 is 1.72. The van der Waals surface area contributed by atoms with Gasteiger partial charge in [-0.2, -0.15) is 0 Å². The van der Waals surface area contributed by atoms with Crippen LogP contribution >= 0.6 is 11.3 Å². The number of nitrogens with zero attached hydrogens (tertiary/aromatic N) is 4. The van der Waals surface area contributed by atoms with Crippen molar-refractivity contribution in [2.75, 3.05) is 0 Å². The second kappa shape index (κ2) is 5.79. The van der Waals surface area contributed by atoms with Gasteiger partial charge in [-0.25, -0.2) is 4.68 Å². The SMILES string of the molecule is O=C(CCn1cnnn1)NCc1ccc2sccc2c1. The summed E-state index contributed by atoms with van der Waals surface area (Å²) < 4.78 is 2.80. The third-order valence-corrected chi connectivity index (χ3v) is 3.86. The molecule has 3 aromatic rings. The van der Waals surface area contributed by atoms with E-state index in [1.807, 2.05) is 6.07 Å². The zero-order chi connectivity index (χ0) is 13.8. The van der Waals surface area contributed by atoms with Gasteiger partial charge in [0.1, 0.15) is 6.33 Å². The molecule has 1 aromatic carbocycles. The monoisotopic (exact) mass is 287 g/mol. The molecule has 0 unspecified atom stereocenters. The van der Waals surface area contributed by atoms with Gasteiger partial charge >= 0.3 is 0 Å². The molecule has 0 fully saturated rings. The lowest BCUT2D eigenvalue weighted by Gasteiger charge is -2.05. The van der Waals surface area contributed by atoms with Gasteiger partial charge in [-0.3, -0.25) is 4.79 Å². The molecule has 0 radical (unpaired) electrons. The number of aromatic nitrogens is 4. The summed E-state index contributed by atoms with van der Waals surface area (Å²) in [6.45, 7) is 1.03. The van der Waals surface area contributed by atoms with Crippen LogP contribution in [0.2, 0.25) is 0 Å². The number of tetrazole rings is 1. The normalized spacial score (nSPS) is 10.8. The van der Waals surface area contributed by atoms with Crippen LogP contribution in [0.25, 0.3) is 10.1 Å². The highest BCUT2D eigenvalue weighted by Crippen LogP contribution is 2.21. The van der Waals surface area contributed by atoms with E-state index in [1.54, 1.807) is 11.3 Å². The van der Waals surface area contributed by atoms with Crippen molar-refractivity contribution in [3.05, 3.63) is 41.5 Å². The molecular weight excluding hydrogens is 274 g/mol. The number of carbonyl (C=O) groups is 1. The van der Waals surface area contributed by atoms with E-state index in [4.69, 9.17) is 0 Å². The van der Waals surface area contributed by atoms with E-state index >= 15 is 0 Å². The number of hydrogen-bond acceptors (Lipinski definition) is 5. The van der Waals surface area contributed by atoms with Gasteiger partial charge in [0.2, 0.25) is 5.91 Å². The lowest BCUT2D eigenvalue weighted by molar-refractivity contribution is -0.121. The summed E-state index contributed by atoms with van der Waals surface area (Å²) in [6.07, 6.45) is 1.86. The molecule has 0 saturated heterocycles. The summed E-state index contributed by atoms with van der Waals surface area (Å²) in [6, 6.07) is 8.32. The Morgan fingerprint density at radius 3 is 3.15 bits per heavy atom. The lowest BCUT2D eigenvalue weighted by Crippen LogP contribution is -2.24. The minimum absolute atomic E-state index is 0.00841. The second-order valence-electron chi connectivity index (χ2n) is 4.39. The molecule has 7 heteroatoms. The molecule has 0 aliphatic heterocycles. The van der Waals surface area contributed by atoms with E-state index in [-0.39, 0.29) is 5.91 Å². The lowest BCUT2D eigenvalue weighted by atomic mass is 10.1. The van der Waals surface area contributed by atoms with E-state index in [0.29, 0.717) is 19.5 Å². The zero-order valence-electron chi connectivity index (χ0n) is 10.7. The van der Waals surface area contributed by atoms with Crippen LogP contribution in [0.5, 0.6) is 0 Å². The van der Waals surface area contributed by atoms with Crippen LogP contribution in [0.1, 0.15) is 12.0 Å². The molecular formula is C13H13N5OS. The first-order valence-electron chi connectivity index (χ1n) is 6.25.